The zero-order valence-corrected chi connectivity index (χ0v) is 18.4. The molecule has 0 saturated carbocycles. The Morgan fingerprint density at radius 3 is 2.10 bits per heavy atom. The Balaban J connectivity index is 1.71. The molecule has 0 aliphatic carbocycles. The van der Waals surface area contributed by atoms with E-state index in [2.05, 4.69) is 64.5 Å². The topological polar surface area (TPSA) is 21.6 Å². The summed E-state index contributed by atoms with van der Waals surface area (Å²) in [5.41, 5.74) is 5.33. The quantitative estimate of drug-likeness (QED) is 0.281. The van der Waals surface area contributed by atoms with Crippen LogP contribution in [-0.4, -0.2) is 6.21 Å². The van der Waals surface area contributed by atoms with Crippen LogP contribution in [0.5, 0.6) is 5.75 Å². The van der Waals surface area contributed by atoms with E-state index < -0.39 is 0 Å². The van der Waals surface area contributed by atoms with Crippen molar-refractivity contribution in [2.24, 2.45) is 4.99 Å². The van der Waals surface area contributed by atoms with E-state index in [1.165, 1.54) is 5.56 Å². The summed E-state index contributed by atoms with van der Waals surface area (Å²) in [5, 5.41) is 0. The van der Waals surface area contributed by atoms with Gasteiger partial charge in [-0.05, 0) is 35.9 Å². The van der Waals surface area contributed by atoms with E-state index >= 15 is 0 Å². The van der Waals surface area contributed by atoms with Crippen molar-refractivity contribution in [3.8, 4) is 5.75 Å². The molecular formula is C28H20BrNO. The van der Waals surface area contributed by atoms with Crippen LogP contribution in [-0.2, 0) is 0 Å². The molecule has 31 heavy (non-hydrogen) atoms. The molecule has 1 unspecified atom stereocenters. The van der Waals surface area contributed by atoms with Gasteiger partial charge in [-0.1, -0.05) is 94.8 Å². The van der Waals surface area contributed by atoms with Gasteiger partial charge in [-0.15, -0.1) is 0 Å². The van der Waals surface area contributed by atoms with E-state index in [1.54, 1.807) is 0 Å². The third-order valence-corrected chi connectivity index (χ3v) is 5.89. The summed E-state index contributed by atoms with van der Waals surface area (Å²) in [6.45, 7) is 0. The summed E-state index contributed by atoms with van der Waals surface area (Å²) in [4.78, 5) is 4.81. The second-order valence-corrected chi connectivity index (χ2v) is 8.28. The van der Waals surface area contributed by atoms with Crippen molar-refractivity contribution >= 4 is 33.6 Å². The minimum absolute atomic E-state index is 0.0283. The van der Waals surface area contributed by atoms with Crippen molar-refractivity contribution in [1.82, 2.24) is 0 Å². The van der Waals surface area contributed by atoms with E-state index in [4.69, 9.17) is 9.73 Å². The number of halogens is 1. The molecule has 0 spiro atoms. The van der Waals surface area contributed by atoms with Crippen LogP contribution < -0.4 is 4.74 Å². The number of benzene rings is 4. The van der Waals surface area contributed by atoms with Gasteiger partial charge in [-0.2, -0.15) is 0 Å². The Morgan fingerprint density at radius 1 is 0.710 bits per heavy atom. The van der Waals surface area contributed by atoms with Gasteiger partial charge in [0.25, 0.3) is 0 Å². The van der Waals surface area contributed by atoms with E-state index in [0.29, 0.717) is 0 Å². The van der Waals surface area contributed by atoms with Crippen molar-refractivity contribution < 1.29 is 4.74 Å². The lowest BCUT2D eigenvalue weighted by atomic mass is 9.81. The molecule has 3 heteroatoms. The fraction of sp³-hybridized carbons (Fsp3) is 0.0357. The van der Waals surface area contributed by atoms with Crippen LogP contribution in [0.4, 0.5) is 5.69 Å². The zero-order valence-electron chi connectivity index (χ0n) is 16.8. The van der Waals surface area contributed by atoms with Crippen LogP contribution in [0.1, 0.15) is 22.6 Å². The van der Waals surface area contributed by atoms with Crippen LogP contribution >= 0.6 is 15.9 Å². The number of hydrogen-bond acceptors (Lipinski definition) is 2. The van der Waals surface area contributed by atoms with Gasteiger partial charge in [0, 0.05) is 33.3 Å². The molecule has 0 aromatic heterocycles. The normalized spacial score (nSPS) is 15.6. The summed E-state index contributed by atoms with van der Waals surface area (Å²) in [5.74, 6) is 1.76. The molecule has 1 atom stereocenters. The number of allylic oxidation sites excluding steroid dienone is 1. The predicted molar refractivity (Wildman–Crippen MR) is 131 cm³/mol. The van der Waals surface area contributed by atoms with Crippen molar-refractivity contribution in [1.29, 1.82) is 0 Å². The minimum atomic E-state index is 0.0283. The van der Waals surface area contributed by atoms with Crippen molar-refractivity contribution in [3.63, 3.8) is 0 Å². The van der Waals surface area contributed by atoms with E-state index in [9.17, 15) is 0 Å². The van der Waals surface area contributed by atoms with Gasteiger partial charge in [0.1, 0.15) is 11.5 Å². The Kier molecular flexibility index (Phi) is 5.51. The molecule has 0 bridgehead atoms. The second kappa shape index (κ2) is 8.75. The highest BCUT2D eigenvalue weighted by Gasteiger charge is 2.30. The molecule has 1 heterocycles. The van der Waals surface area contributed by atoms with Crippen LogP contribution in [0.25, 0.3) is 5.76 Å². The standard InChI is InChI=1S/C28H20BrNO/c29-22-15-17-23(18-16-22)30-19-25-27(20-9-3-1-4-10-20)24-13-7-8-14-26(24)31-28(25)21-11-5-2-6-12-21/h1-19,27H. The molecule has 150 valence electrons. The van der Waals surface area contributed by atoms with Gasteiger partial charge < -0.3 is 4.74 Å². The molecule has 0 saturated heterocycles. The van der Waals surface area contributed by atoms with Gasteiger partial charge in [-0.3, -0.25) is 4.99 Å². The van der Waals surface area contributed by atoms with Crippen LogP contribution in [0, 0.1) is 0 Å². The molecule has 1 aliphatic rings. The molecule has 0 fully saturated rings. The number of para-hydroxylation sites is 1. The average molecular weight is 466 g/mol. The first-order chi connectivity index (χ1) is 15.3. The highest BCUT2D eigenvalue weighted by atomic mass is 79.9. The third-order valence-electron chi connectivity index (χ3n) is 5.36. The van der Waals surface area contributed by atoms with E-state index in [-0.39, 0.29) is 5.92 Å². The number of fused-ring (bicyclic) bond motifs is 1. The van der Waals surface area contributed by atoms with Gasteiger partial charge in [-0.25, -0.2) is 0 Å². The van der Waals surface area contributed by atoms with Crippen LogP contribution in [0.2, 0.25) is 0 Å². The summed E-state index contributed by atoms with van der Waals surface area (Å²) < 4.78 is 7.51. The Bertz CT molecular complexity index is 1250. The Morgan fingerprint density at radius 2 is 1.35 bits per heavy atom. The summed E-state index contributed by atoms with van der Waals surface area (Å²) >= 11 is 3.49. The van der Waals surface area contributed by atoms with Gasteiger partial charge in [0.15, 0.2) is 0 Å². The molecule has 4 aromatic rings. The summed E-state index contributed by atoms with van der Waals surface area (Å²) in [6, 6.07) is 37.1. The smallest absolute Gasteiger partial charge is 0.140 e. The van der Waals surface area contributed by atoms with E-state index in [0.717, 1.165) is 38.4 Å². The third kappa shape index (κ3) is 4.10. The molecule has 5 rings (SSSR count). The molecule has 1 aliphatic heterocycles. The molecular weight excluding hydrogens is 446 g/mol. The van der Waals surface area contributed by atoms with Crippen molar-refractivity contribution in [2.75, 3.05) is 0 Å². The maximum Gasteiger partial charge on any atom is 0.140 e. The lowest BCUT2D eigenvalue weighted by Crippen LogP contribution is -2.17. The highest BCUT2D eigenvalue weighted by Crippen LogP contribution is 2.45. The first-order valence-electron chi connectivity index (χ1n) is 10.2. The van der Waals surface area contributed by atoms with Crippen LogP contribution in [0.3, 0.4) is 0 Å². The van der Waals surface area contributed by atoms with Gasteiger partial charge in [0.05, 0.1) is 5.69 Å². The van der Waals surface area contributed by atoms with E-state index in [1.807, 2.05) is 66.9 Å². The molecule has 0 amide bonds. The lowest BCUT2D eigenvalue weighted by Gasteiger charge is -2.30. The maximum atomic E-state index is 6.47. The Hall–Kier alpha value is -3.43. The molecule has 0 N–H and O–H groups in total. The SMILES string of the molecule is Brc1ccc(N=CC2=C(c3ccccc3)Oc3ccccc3C2c2ccccc2)cc1. The first-order valence-corrected chi connectivity index (χ1v) is 11.0. The second-order valence-electron chi connectivity index (χ2n) is 7.37. The monoisotopic (exact) mass is 465 g/mol. The fourth-order valence-electron chi connectivity index (χ4n) is 3.90. The summed E-state index contributed by atoms with van der Waals surface area (Å²) in [6.07, 6.45) is 1.96. The number of aliphatic imine (C=N–C) groups is 1. The number of rotatable bonds is 4. The zero-order chi connectivity index (χ0) is 21.0. The highest BCUT2D eigenvalue weighted by molar-refractivity contribution is 9.10. The van der Waals surface area contributed by atoms with Gasteiger partial charge >= 0.3 is 0 Å². The number of ether oxygens (including phenoxy) is 1. The number of nitrogens with zero attached hydrogens (tertiary/aromatic N) is 1. The van der Waals surface area contributed by atoms with Crippen LogP contribution in [0.15, 0.2) is 124 Å². The fourth-order valence-corrected chi connectivity index (χ4v) is 4.17. The van der Waals surface area contributed by atoms with Crippen molar-refractivity contribution in [2.45, 2.75) is 5.92 Å². The predicted octanol–water partition coefficient (Wildman–Crippen LogP) is 7.79. The molecule has 4 aromatic carbocycles. The maximum absolute atomic E-state index is 6.47. The van der Waals surface area contributed by atoms with Gasteiger partial charge in [0.2, 0.25) is 0 Å². The number of hydrogen-bond donors (Lipinski definition) is 0. The largest absolute Gasteiger partial charge is 0.456 e. The minimum Gasteiger partial charge on any atom is -0.456 e. The lowest BCUT2D eigenvalue weighted by molar-refractivity contribution is 0.489. The molecule has 0 radical (unpaired) electrons. The summed E-state index contributed by atoms with van der Waals surface area (Å²) in [7, 11) is 0. The molecule has 2 nitrogen and oxygen atoms in total. The van der Waals surface area contributed by atoms with Crippen molar-refractivity contribution in [3.05, 3.63) is 136 Å². The first kappa shape index (κ1) is 19.5. The Labute approximate surface area is 190 Å². The average Bonchev–Trinajstić information content (AvgIpc) is 2.84.